The Balaban J connectivity index is 1.94. The van der Waals surface area contributed by atoms with Gasteiger partial charge in [0.05, 0.1) is 0 Å². The monoisotopic (exact) mass is 302 g/mol. The van der Waals surface area contributed by atoms with Crippen LogP contribution in [0.3, 0.4) is 0 Å². The highest BCUT2D eigenvalue weighted by Gasteiger charge is 2.34. The van der Waals surface area contributed by atoms with Gasteiger partial charge in [-0.1, -0.05) is 12.0 Å². The number of rotatable bonds is 0. The van der Waals surface area contributed by atoms with Crippen molar-refractivity contribution in [2.24, 2.45) is 0 Å². The van der Waals surface area contributed by atoms with Crippen LogP contribution in [0, 0.1) is 11.8 Å². The van der Waals surface area contributed by atoms with Crippen LogP contribution in [0.4, 0.5) is 4.79 Å². The van der Waals surface area contributed by atoms with Crippen LogP contribution < -0.4 is 0 Å². The molecule has 0 unspecified atom stereocenters. The lowest BCUT2D eigenvalue weighted by molar-refractivity contribution is -0.00514. The van der Waals surface area contributed by atoms with Gasteiger partial charge in [0.15, 0.2) is 0 Å². The molecular weight excluding hydrogens is 280 g/mol. The lowest BCUT2D eigenvalue weighted by Gasteiger charge is -2.35. The smallest absolute Gasteiger partial charge is 0.410 e. The van der Waals surface area contributed by atoms with E-state index in [4.69, 9.17) is 4.74 Å². The number of pyridine rings is 1. The van der Waals surface area contributed by atoms with Crippen LogP contribution in [0.15, 0.2) is 24.4 Å². The van der Waals surface area contributed by atoms with Gasteiger partial charge < -0.3 is 14.7 Å². The highest BCUT2D eigenvalue weighted by molar-refractivity contribution is 5.68. The Bertz CT molecular complexity index is 573. The number of nitrogens with zero attached hydrogens (tertiary/aromatic N) is 2. The van der Waals surface area contributed by atoms with E-state index in [1.54, 1.807) is 17.2 Å². The van der Waals surface area contributed by atoms with Gasteiger partial charge in [0, 0.05) is 32.1 Å². The summed E-state index contributed by atoms with van der Waals surface area (Å²) in [6.07, 6.45) is 2.14. The second kappa shape index (κ2) is 6.37. The van der Waals surface area contributed by atoms with Crippen LogP contribution in [0.5, 0.6) is 0 Å². The summed E-state index contributed by atoms with van der Waals surface area (Å²) in [6, 6.07) is 5.47. The van der Waals surface area contributed by atoms with Crippen molar-refractivity contribution in [3.63, 3.8) is 0 Å². The minimum Gasteiger partial charge on any atom is -0.444 e. The molecule has 0 saturated carbocycles. The van der Waals surface area contributed by atoms with Crippen molar-refractivity contribution in [2.45, 2.75) is 44.8 Å². The van der Waals surface area contributed by atoms with Crippen molar-refractivity contribution in [2.75, 3.05) is 13.1 Å². The molecule has 1 aliphatic rings. The zero-order chi connectivity index (χ0) is 16.2. The number of hydrogen-bond donors (Lipinski definition) is 1. The number of likely N-dealkylation sites (tertiary alicyclic amines) is 1. The van der Waals surface area contributed by atoms with E-state index in [1.807, 2.05) is 32.9 Å². The fourth-order valence-electron chi connectivity index (χ4n) is 2.13. The third kappa shape index (κ3) is 4.74. The standard InChI is InChI=1S/C17H22N2O3/c1-16(2,3)22-15(20)19-12-9-17(21,10-13-19)8-7-14-6-4-5-11-18-14/h4-6,11,21H,9-10,12-13H2,1-3H3. The van der Waals surface area contributed by atoms with Gasteiger partial charge in [0.25, 0.3) is 0 Å². The Kier molecular flexibility index (Phi) is 4.72. The van der Waals surface area contributed by atoms with E-state index in [1.165, 1.54) is 0 Å². The van der Waals surface area contributed by atoms with E-state index < -0.39 is 11.2 Å². The quantitative estimate of drug-likeness (QED) is 0.746. The molecule has 2 rings (SSSR count). The highest BCUT2D eigenvalue weighted by Crippen LogP contribution is 2.23. The molecule has 0 bridgehead atoms. The van der Waals surface area contributed by atoms with E-state index in [0.717, 1.165) is 0 Å². The molecule has 5 nitrogen and oxygen atoms in total. The van der Waals surface area contributed by atoms with Crippen molar-refractivity contribution in [1.82, 2.24) is 9.88 Å². The summed E-state index contributed by atoms with van der Waals surface area (Å²) in [5, 5.41) is 10.5. The van der Waals surface area contributed by atoms with E-state index in [9.17, 15) is 9.90 Å². The van der Waals surface area contributed by atoms with Gasteiger partial charge in [-0.05, 0) is 38.8 Å². The van der Waals surface area contributed by atoms with E-state index >= 15 is 0 Å². The zero-order valence-corrected chi connectivity index (χ0v) is 13.3. The normalized spacial score (nSPS) is 17.4. The molecule has 0 radical (unpaired) electrons. The minimum atomic E-state index is -1.07. The van der Waals surface area contributed by atoms with Gasteiger partial charge in [-0.2, -0.15) is 0 Å². The van der Waals surface area contributed by atoms with Crippen LogP contribution >= 0.6 is 0 Å². The summed E-state index contributed by atoms with van der Waals surface area (Å²) < 4.78 is 5.33. The first kappa shape index (κ1) is 16.3. The first-order valence-corrected chi connectivity index (χ1v) is 7.42. The van der Waals surface area contributed by atoms with Crippen molar-refractivity contribution in [3.8, 4) is 11.8 Å². The molecule has 0 atom stereocenters. The molecule has 1 aromatic heterocycles. The van der Waals surface area contributed by atoms with Crippen LogP contribution in [0.25, 0.3) is 0 Å². The molecule has 1 amide bonds. The maximum Gasteiger partial charge on any atom is 0.410 e. The van der Waals surface area contributed by atoms with E-state index in [2.05, 4.69) is 16.8 Å². The van der Waals surface area contributed by atoms with Crippen LogP contribution in [0.1, 0.15) is 39.3 Å². The summed E-state index contributed by atoms with van der Waals surface area (Å²) in [7, 11) is 0. The topological polar surface area (TPSA) is 62.7 Å². The summed E-state index contributed by atoms with van der Waals surface area (Å²) in [6.45, 7) is 6.38. The Labute approximate surface area is 131 Å². The third-order valence-electron chi connectivity index (χ3n) is 3.33. The van der Waals surface area contributed by atoms with Gasteiger partial charge in [0.1, 0.15) is 16.9 Å². The summed E-state index contributed by atoms with van der Waals surface area (Å²) >= 11 is 0. The predicted molar refractivity (Wildman–Crippen MR) is 83.1 cm³/mol. The van der Waals surface area contributed by atoms with Crippen LogP contribution in [-0.4, -0.2) is 45.4 Å². The van der Waals surface area contributed by atoms with Gasteiger partial charge >= 0.3 is 6.09 Å². The summed E-state index contributed by atoms with van der Waals surface area (Å²) in [5.41, 5.74) is -0.954. The van der Waals surface area contributed by atoms with Crippen molar-refractivity contribution in [3.05, 3.63) is 30.1 Å². The molecule has 118 valence electrons. The lowest BCUT2D eigenvalue weighted by atomic mass is 9.92. The fraction of sp³-hybridized carbons (Fsp3) is 0.529. The lowest BCUT2D eigenvalue weighted by Crippen LogP contribution is -2.47. The molecule has 5 heteroatoms. The number of aliphatic hydroxyl groups is 1. The van der Waals surface area contributed by atoms with Gasteiger partial charge in [-0.25, -0.2) is 9.78 Å². The molecule has 0 aliphatic carbocycles. The van der Waals surface area contributed by atoms with Crippen LogP contribution in [-0.2, 0) is 4.74 Å². The van der Waals surface area contributed by atoms with Gasteiger partial charge in [0.2, 0.25) is 0 Å². The Morgan fingerprint density at radius 1 is 1.36 bits per heavy atom. The molecule has 22 heavy (non-hydrogen) atoms. The first-order valence-electron chi connectivity index (χ1n) is 7.42. The average molecular weight is 302 g/mol. The maximum atomic E-state index is 12.0. The summed E-state index contributed by atoms with van der Waals surface area (Å²) in [4.78, 5) is 17.7. The number of hydrogen-bond acceptors (Lipinski definition) is 4. The fourth-order valence-corrected chi connectivity index (χ4v) is 2.13. The SMILES string of the molecule is CC(C)(C)OC(=O)N1CCC(O)(C#Cc2ccccn2)CC1. The molecule has 1 aromatic rings. The molecule has 1 aliphatic heterocycles. The number of amides is 1. The average Bonchev–Trinajstić information content (AvgIpc) is 2.45. The number of carbonyl (C=O) groups excluding carboxylic acids is 1. The highest BCUT2D eigenvalue weighted by atomic mass is 16.6. The second-order valence-corrected chi connectivity index (χ2v) is 6.46. The third-order valence-corrected chi connectivity index (χ3v) is 3.33. The molecule has 1 N–H and O–H groups in total. The molecule has 0 spiro atoms. The zero-order valence-electron chi connectivity index (χ0n) is 13.3. The van der Waals surface area contributed by atoms with Gasteiger partial charge in [-0.3, -0.25) is 0 Å². The predicted octanol–water partition coefficient (Wildman–Crippen LogP) is 2.20. The van der Waals surface area contributed by atoms with Crippen molar-refractivity contribution >= 4 is 6.09 Å². The first-order chi connectivity index (χ1) is 10.3. The Morgan fingerprint density at radius 3 is 2.59 bits per heavy atom. The number of aromatic nitrogens is 1. The largest absolute Gasteiger partial charge is 0.444 e. The molecule has 0 aromatic carbocycles. The van der Waals surface area contributed by atoms with Crippen LogP contribution in [0.2, 0.25) is 0 Å². The van der Waals surface area contributed by atoms with Gasteiger partial charge in [-0.15, -0.1) is 0 Å². The van der Waals surface area contributed by atoms with E-state index in [-0.39, 0.29) is 6.09 Å². The molecule has 1 fully saturated rings. The molecule has 1 saturated heterocycles. The second-order valence-electron chi connectivity index (χ2n) is 6.46. The van der Waals surface area contributed by atoms with E-state index in [0.29, 0.717) is 31.6 Å². The Hall–Kier alpha value is -2.06. The number of carbonyl (C=O) groups is 1. The number of piperidine rings is 1. The minimum absolute atomic E-state index is 0.341. The summed E-state index contributed by atoms with van der Waals surface area (Å²) in [5.74, 6) is 5.78. The van der Waals surface area contributed by atoms with Crippen molar-refractivity contribution < 1.29 is 14.6 Å². The molecule has 2 heterocycles. The van der Waals surface area contributed by atoms with Crippen molar-refractivity contribution in [1.29, 1.82) is 0 Å². The molecular formula is C17H22N2O3. The Morgan fingerprint density at radius 2 is 2.05 bits per heavy atom. The number of ether oxygens (including phenoxy) is 1. The maximum absolute atomic E-state index is 12.0.